The number of benzene rings is 1. The first-order chi connectivity index (χ1) is 10.5. The van der Waals surface area contributed by atoms with Crippen LogP contribution in [0.25, 0.3) is 0 Å². The number of anilines is 1. The summed E-state index contributed by atoms with van der Waals surface area (Å²) >= 11 is 5.96. The van der Waals surface area contributed by atoms with Gasteiger partial charge in [-0.3, -0.25) is 4.79 Å². The second-order valence-electron chi connectivity index (χ2n) is 4.76. The largest absolute Gasteiger partial charge is 0.544 e. The number of quaternary nitrogens is 2. The van der Waals surface area contributed by atoms with Crippen molar-refractivity contribution in [2.24, 2.45) is 0 Å². The molecule has 22 heavy (non-hydrogen) atoms. The van der Waals surface area contributed by atoms with Crippen molar-refractivity contribution in [1.82, 2.24) is 0 Å². The van der Waals surface area contributed by atoms with Gasteiger partial charge in [-0.2, -0.15) is 0 Å². The molecule has 0 unspecified atom stereocenters. The van der Waals surface area contributed by atoms with Crippen LogP contribution in [0.5, 0.6) is 5.75 Å². The molecule has 0 bridgehead atoms. The molecule has 0 radical (unpaired) electrons. The van der Waals surface area contributed by atoms with Crippen molar-refractivity contribution in [1.29, 1.82) is 0 Å². The van der Waals surface area contributed by atoms with Crippen LogP contribution in [0.4, 0.5) is 5.69 Å². The number of carboxylic acids is 1. The van der Waals surface area contributed by atoms with Crippen molar-refractivity contribution < 1.29 is 30.5 Å². The summed E-state index contributed by atoms with van der Waals surface area (Å²) in [6.45, 7) is 1.30. The molecule has 6 N–H and O–H groups in total. The Kier molecular flexibility index (Phi) is 7.65. The van der Waals surface area contributed by atoms with Crippen molar-refractivity contribution in [2.45, 2.75) is 18.9 Å². The Morgan fingerprint density at radius 3 is 2.77 bits per heavy atom. The zero-order valence-corrected chi connectivity index (χ0v) is 13.2. The highest BCUT2D eigenvalue weighted by atomic mass is 35.5. The second-order valence-corrected chi connectivity index (χ2v) is 5.17. The van der Waals surface area contributed by atoms with E-state index in [9.17, 15) is 14.7 Å². The van der Waals surface area contributed by atoms with Gasteiger partial charge in [0.2, 0.25) is 5.91 Å². The minimum atomic E-state index is -1.26. The molecule has 0 saturated heterocycles. The number of carbonyl (C=O) groups is 2. The molecule has 0 heterocycles. The van der Waals surface area contributed by atoms with E-state index in [4.69, 9.17) is 16.3 Å². The molecule has 0 spiro atoms. The topological polar surface area (TPSA) is 123 Å². The Labute approximate surface area is 133 Å². The molecule has 1 aromatic rings. The molecule has 8 heteroatoms. The molecule has 7 nitrogen and oxygen atoms in total. The van der Waals surface area contributed by atoms with Crippen LogP contribution in [0.1, 0.15) is 12.8 Å². The number of nitrogens with one attached hydrogen (secondary N) is 1. The fourth-order valence-corrected chi connectivity index (χ4v) is 2.14. The van der Waals surface area contributed by atoms with Gasteiger partial charge >= 0.3 is 0 Å². The molecule has 1 atom stereocenters. The number of carboxylic acid groups (broad SMARTS) is 1. The summed E-state index contributed by atoms with van der Waals surface area (Å²) in [7, 11) is 1.49. The van der Waals surface area contributed by atoms with E-state index in [2.05, 4.69) is 11.1 Å². The van der Waals surface area contributed by atoms with Crippen LogP contribution in [-0.2, 0) is 9.59 Å². The highest BCUT2D eigenvalue weighted by Gasteiger charge is 2.18. The predicted molar refractivity (Wildman–Crippen MR) is 79.2 cm³/mol. The third kappa shape index (κ3) is 5.88. The minimum absolute atomic E-state index is 0.177. The average molecular weight is 331 g/mol. The molecule has 1 rings (SSSR count). The number of hydrogen-bond acceptors (Lipinski definition) is 4. The van der Waals surface area contributed by atoms with E-state index in [0.717, 1.165) is 6.42 Å². The minimum Gasteiger partial charge on any atom is -0.544 e. The Morgan fingerprint density at radius 1 is 1.50 bits per heavy atom. The number of halogens is 1. The monoisotopic (exact) mass is 330 g/mol. The molecule has 1 aromatic carbocycles. The molecule has 0 fully saturated rings. The van der Waals surface area contributed by atoms with Crippen molar-refractivity contribution in [3.8, 4) is 5.75 Å². The molecule has 0 saturated carbocycles. The number of nitrogens with two attached hydrogens (primary N) is 1. The number of ether oxygens (including phenoxy) is 1. The molecule has 0 aliphatic heterocycles. The van der Waals surface area contributed by atoms with Gasteiger partial charge in [-0.15, -0.1) is 0 Å². The summed E-state index contributed by atoms with van der Waals surface area (Å²) in [4.78, 5) is 23.0. The summed E-state index contributed by atoms with van der Waals surface area (Å²) in [6, 6.07) is 3.87. The molecule has 0 aromatic heterocycles. The molecular weight excluding hydrogens is 310 g/mol. The molecule has 0 aliphatic rings. The van der Waals surface area contributed by atoms with E-state index in [-0.39, 0.29) is 6.42 Å². The lowest BCUT2D eigenvalue weighted by molar-refractivity contribution is -0.684. The number of methoxy groups -OCH3 is 1. The molecule has 1 amide bonds. The Balaban J connectivity index is 2.59. The van der Waals surface area contributed by atoms with E-state index in [0.29, 0.717) is 29.5 Å². The highest BCUT2D eigenvalue weighted by molar-refractivity contribution is 6.32. The number of amides is 1. The quantitative estimate of drug-likeness (QED) is 0.453. The lowest BCUT2D eigenvalue weighted by Gasteiger charge is -2.16. The summed E-state index contributed by atoms with van der Waals surface area (Å²) in [5.74, 6) is -1.18. The van der Waals surface area contributed by atoms with E-state index >= 15 is 0 Å². The summed E-state index contributed by atoms with van der Waals surface area (Å²) in [5, 5.41) is 15.6. The van der Waals surface area contributed by atoms with Crippen LogP contribution in [0, 0.1) is 0 Å². The van der Waals surface area contributed by atoms with E-state index in [1.54, 1.807) is 23.5 Å². The third-order valence-electron chi connectivity index (χ3n) is 3.05. The van der Waals surface area contributed by atoms with Crippen LogP contribution in [0.15, 0.2) is 18.2 Å². The van der Waals surface area contributed by atoms with Crippen LogP contribution in [-0.4, -0.2) is 38.1 Å². The first-order valence-electron chi connectivity index (χ1n) is 6.94. The maximum Gasteiger partial charge on any atom is 0.230 e. The highest BCUT2D eigenvalue weighted by Crippen LogP contribution is 2.27. The van der Waals surface area contributed by atoms with Gasteiger partial charge in [0, 0.05) is 12.1 Å². The fraction of sp³-hybridized carbons (Fsp3) is 0.429. The van der Waals surface area contributed by atoms with Crippen molar-refractivity contribution in [2.75, 3.05) is 25.5 Å². The van der Waals surface area contributed by atoms with Crippen molar-refractivity contribution in [3.63, 3.8) is 0 Å². The van der Waals surface area contributed by atoms with Crippen LogP contribution < -0.4 is 26.2 Å². The molecular formula is C14H21ClN3O4+. The van der Waals surface area contributed by atoms with E-state index < -0.39 is 17.9 Å². The smallest absolute Gasteiger partial charge is 0.230 e. The van der Waals surface area contributed by atoms with Gasteiger partial charge in [-0.05, 0) is 18.2 Å². The maximum atomic E-state index is 11.9. The standard InChI is InChI=1S/C14H20ClN3O4/c1-22-12-4-3-9(7-10(12)15)18-13(19)8-11(14(20)21)17-6-2-5-16/h3-4,7,11,17H,2,5-6,8,16H2,1H3,(H,18,19)(H,20,21)/p+1/t11-/m1/s1. The summed E-state index contributed by atoms with van der Waals surface area (Å²) in [5.41, 5.74) is 4.16. The SMILES string of the molecule is COc1ccc(NC(=O)C[C@@H]([NH2+]CCC[NH3+])C(=O)[O-])cc1Cl. The predicted octanol–water partition coefficient (Wildman–Crippen LogP) is -2.01. The Bertz CT molecular complexity index is 525. The van der Waals surface area contributed by atoms with Gasteiger partial charge in [-0.1, -0.05) is 11.6 Å². The van der Waals surface area contributed by atoms with Gasteiger partial charge in [-0.25, -0.2) is 0 Å². The fourth-order valence-electron chi connectivity index (χ4n) is 1.88. The first kappa shape index (κ1) is 18.2. The van der Waals surface area contributed by atoms with Crippen LogP contribution in [0.2, 0.25) is 5.02 Å². The Morgan fingerprint density at radius 2 is 2.23 bits per heavy atom. The lowest BCUT2D eigenvalue weighted by atomic mass is 10.2. The van der Waals surface area contributed by atoms with Gasteiger partial charge in [0.25, 0.3) is 0 Å². The lowest BCUT2D eigenvalue weighted by Crippen LogP contribution is -2.93. The van der Waals surface area contributed by atoms with Crippen molar-refractivity contribution >= 4 is 29.2 Å². The number of aliphatic carboxylic acids is 1. The van der Waals surface area contributed by atoms with E-state index in [1.807, 2.05) is 0 Å². The van der Waals surface area contributed by atoms with Crippen LogP contribution >= 0.6 is 11.6 Å². The van der Waals surface area contributed by atoms with Gasteiger partial charge < -0.3 is 31.0 Å². The molecule has 122 valence electrons. The maximum absolute atomic E-state index is 11.9. The van der Waals surface area contributed by atoms with Gasteiger partial charge in [0.15, 0.2) is 0 Å². The number of hydrogen-bond donors (Lipinski definition) is 3. The zero-order chi connectivity index (χ0) is 16.5. The van der Waals surface area contributed by atoms with Gasteiger partial charge in [0.1, 0.15) is 11.8 Å². The van der Waals surface area contributed by atoms with Crippen molar-refractivity contribution in [3.05, 3.63) is 23.2 Å². The molecule has 0 aliphatic carbocycles. The zero-order valence-electron chi connectivity index (χ0n) is 12.4. The summed E-state index contributed by atoms with van der Waals surface area (Å²) in [6.07, 6.45) is 0.600. The van der Waals surface area contributed by atoms with E-state index in [1.165, 1.54) is 7.11 Å². The summed E-state index contributed by atoms with van der Waals surface area (Å²) < 4.78 is 5.02. The van der Waals surface area contributed by atoms with Crippen LogP contribution in [0.3, 0.4) is 0 Å². The van der Waals surface area contributed by atoms with Gasteiger partial charge in [0.05, 0.1) is 37.6 Å². The second kappa shape index (κ2) is 9.24. The Hall–Kier alpha value is -1.83. The number of carbonyl (C=O) groups excluding carboxylic acids is 2. The average Bonchev–Trinajstić information content (AvgIpc) is 2.46. The first-order valence-corrected chi connectivity index (χ1v) is 7.32. The number of rotatable bonds is 9. The normalized spacial score (nSPS) is 11.8. The third-order valence-corrected chi connectivity index (χ3v) is 3.34.